The maximum atomic E-state index is 4.41. The van der Waals surface area contributed by atoms with Crippen LogP contribution in [0.2, 0.25) is 0 Å². The molecular formula is C21H31N7. The van der Waals surface area contributed by atoms with Crippen molar-refractivity contribution in [2.24, 2.45) is 12.0 Å². The number of piperidine rings is 1. The van der Waals surface area contributed by atoms with E-state index in [1.165, 1.54) is 31.2 Å². The summed E-state index contributed by atoms with van der Waals surface area (Å²) in [6, 6.07) is 12.6. The Morgan fingerprint density at radius 3 is 2.46 bits per heavy atom. The van der Waals surface area contributed by atoms with Crippen LogP contribution in [-0.4, -0.2) is 50.8 Å². The maximum absolute atomic E-state index is 4.41. The molecule has 2 saturated heterocycles. The minimum absolute atomic E-state index is 0.469. The van der Waals surface area contributed by atoms with Gasteiger partial charge in [0.2, 0.25) is 0 Å². The summed E-state index contributed by atoms with van der Waals surface area (Å²) in [6.45, 7) is 3.65. The SMILES string of the molecule is CN=C(NCc1nnc(C)n1C)NC1CC2CCC(C1)N2Cc1ccccc1. The minimum Gasteiger partial charge on any atom is -0.354 e. The average molecular weight is 382 g/mol. The molecule has 2 aromatic rings. The fourth-order valence-electron chi connectivity index (χ4n) is 4.60. The molecule has 7 nitrogen and oxygen atoms in total. The van der Waals surface area contributed by atoms with Gasteiger partial charge in [0.05, 0.1) is 6.54 Å². The van der Waals surface area contributed by atoms with Gasteiger partial charge < -0.3 is 15.2 Å². The van der Waals surface area contributed by atoms with Crippen LogP contribution in [0.3, 0.4) is 0 Å². The first kappa shape index (κ1) is 18.9. The largest absolute Gasteiger partial charge is 0.354 e. The highest BCUT2D eigenvalue weighted by atomic mass is 15.3. The van der Waals surface area contributed by atoms with Crippen molar-refractivity contribution in [3.63, 3.8) is 0 Å². The van der Waals surface area contributed by atoms with E-state index < -0.39 is 0 Å². The molecule has 2 bridgehead atoms. The molecule has 0 aliphatic carbocycles. The second-order valence-electron chi connectivity index (χ2n) is 8.00. The Hall–Kier alpha value is -2.41. The van der Waals surface area contributed by atoms with Crippen LogP contribution >= 0.6 is 0 Å². The molecule has 0 saturated carbocycles. The van der Waals surface area contributed by atoms with Gasteiger partial charge in [0.25, 0.3) is 0 Å². The topological polar surface area (TPSA) is 70.4 Å². The molecule has 0 amide bonds. The number of aromatic nitrogens is 3. The van der Waals surface area contributed by atoms with E-state index in [0.717, 1.165) is 24.2 Å². The van der Waals surface area contributed by atoms with Gasteiger partial charge in [0.1, 0.15) is 5.82 Å². The lowest BCUT2D eigenvalue weighted by molar-refractivity contribution is 0.114. The Bertz CT molecular complexity index is 799. The number of nitrogens with zero attached hydrogens (tertiary/aromatic N) is 5. The van der Waals surface area contributed by atoms with Crippen LogP contribution in [0.25, 0.3) is 0 Å². The average Bonchev–Trinajstić information content (AvgIpc) is 3.14. The van der Waals surface area contributed by atoms with E-state index in [0.29, 0.717) is 24.7 Å². The van der Waals surface area contributed by atoms with Crippen molar-refractivity contribution in [2.45, 2.75) is 63.8 Å². The van der Waals surface area contributed by atoms with E-state index in [4.69, 9.17) is 0 Å². The number of aliphatic imine (C=N–C) groups is 1. The van der Waals surface area contributed by atoms with Gasteiger partial charge in [-0.15, -0.1) is 10.2 Å². The molecule has 4 rings (SSSR count). The highest BCUT2D eigenvalue weighted by Gasteiger charge is 2.40. The zero-order valence-corrected chi connectivity index (χ0v) is 17.1. The lowest BCUT2D eigenvalue weighted by atomic mass is 9.96. The first-order valence-corrected chi connectivity index (χ1v) is 10.3. The lowest BCUT2D eigenvalue weighted by Gasteiger charge is -2.39. The van der Waals surface area contributed by atoms with Crippen LogP contribution in [0, 0.1) is 6.92 Å². The third-order valence-corrected chi connectivity index (χ3v) is 6.25. The fourth-order valence-corrected chi connectivity index (χ4v) is 4.60. The molecule has 2 aliphatic heterocycles. The molecule has 2 N–H and O–H groups in total. The molecule has 2 aliphatic rings. The Morgan fingerprint density at radius 2 is 1.86 bits per heavy atom. The molecule has 1 aromatic carbocycles. The number of aryl methyl sites for hydroxylation is 1. The highest BCUT2D eigenvalue weighted by Crippen LogP contribution is 2.36. The smallest absolute Gasteiger partial charge is 0.191 e. The molecule has 2 atom stereocenters. The monoisotopic (exact) mass is 381 g/mol. The molecule has 28 heavy (non-hydrogen) atoms. The van der Waals surface area contributed by atoms with Crippen LogP contribution in [0.5, 0.6) is 0 Å². The summed E-state index contributed by atoms with van der Waals surface area (Å²) >= 11 is 0. The van der Waals surface area contributed by atoms with Gasteiger partial charge in [-0.2, -0.15) is 0 Å². The second-order valence-corrected chi connectivity index (χ2v) is 8.00. The zero-order chi connectivity index (χ0) is 19.5. The van der Waals surface area contributed by atoms with Crippen molar-refractivity contribution in [1.82, 2.24) is 30.3 Å². The quantitative estimate of drug-likeness (QED) is 0.612. The van der Waals surface area contributed by atoms with E-state index in [9.17, 15) is 0 Å². The Kier molecular flexibility index (Phi) is 5.62. The number of rotatable bonds is 5. The first-order chi connectivity index (χ1) is 13.6. The summed E-state index contributed by atoms with van der Waals surface area (Å²) in [4.78, 5) is 7.13. The molecule has 2 unspecified atom stereocenters. The Morgan fingerprint density at radius 1 is 1.14 bits per heavy atom. The predicted octanol–water partition coefficient (Wildman–Crippen LogP) is 1.98. The molecule has 1 aromatic heterocycles. The summed E-state index contributed by atoms with van der Waals surface area (Å²) in [5.41, 5.74) is 1.42. The standard InChI is InChI=1S/C21H31N7/c1-15-25-26-20(27(15)3)13-23-21(22-2)24-17-11-18-9-10-19(12-17)28(18)14-16-7-5-4-6-8-16/h4-8,17-19H,9-14H2,1-3H3,(H2,22,23,24). The molecule has 0 radical (unpaired) electrons. The van der Waals surface area contributed by atoms with E-state index in [1.54, 1.807) is 0 Å². The van der Waals surface area contributed by atoms with Gasteiger partial charge in [0.15, 0.2) is 11.8 Å². The third kappa shape index (κ3) is 4.04. The number of hydrogen-bond donors (Lipinski definition) is 2. The summed E-state index contributed by atoms with van der Waals surface area (Å²) in [6.07, 6.45) is 4.96. The Balaban J connectivity index is 1.32. The van der Waals surface area contributed by atoms with Crippen molar-refractivity contribution in [3.05, 3.63) is 47.5 Å². The maximum Gasteiger partial charge on any atom is 0.191 e. The van der Waals surface area contributed by atoms with Crippen molar-refractivity contribution in [3.8, 4) is 0 Å². The number of nitrogens with one attached hydrogen (secondary N) is 2. The van der Waals surface area contributed by atoms with Gasteiger partial charge >= 0.3 is 0 Å². The Labute approximate surface area is 167 Å². The number of guanidine groups is 1. The lowest BCUT2D eigenvalue weighted by Crippen LogP contribution is -2.52. The third-order valence-electron chi connectivity index (χ3n) is 6.25. The van der Waals surface area contributed by atoms with Gasteiger partial charge in [-0.1, -0.05) is 30.3 Å². The summed E-state index contributed by atoms with van der Waals surface area (Å²) < 4.78 is 2.00. The van der Waals surface area contributed by atoms with Crippen molar-refractivity contribution in [2.75, 3.05) is 7.05 Å². The molecular weight excluding hydrogens is 350 g/mol. The van der Waals surface area contributed by atoms with Crippen LogP contribution < -0.4 is 10.6 Å². The predicted molar refractivity (Wildman–Crippen MR) is 111 cm³/mol. The van der Waals surface area contributed by atoms with Gasteiger partial charge in [-0.3, -0.25) is 9.89 Å². The second kappa shape index (κ2) is 8.31. The van der Waals surface area contributed by atoms with E-state index in [2.05, 4.69) is 61.1 Å². The fraction of sp³-hybridized carbons (Fsp3) is 0.571. The van der Waals surface area contributed by atoms with Crippen LogP contribution in [0.15, 0.2) is 35.3 Å². The highest BCUT2D eigenvalue weighted by molar-refractivity contribution is 5.79. The molecule has 2 fully saturated rings. The zero-order valence-electron chi connectivity index (χ0n) is 17.1. The number of benzene rings is 1. The van der Waals surface area contributed by atoms with Crippen molar-refractivity contribution >= 4 is 5.96 Å². The number of hydrogen-bond acceptors (Lipinski definition) is 4. The normalized spacial score (nSPS) is 25.1. The van der Waals surface area contributed by atoms with Gasteiger partial charge in [-0.05, 0) is 38.2 Å². The van der Waals surface area contributed by atoms with E-state index in [-0.39, 0.29) is 0 Å². The summed E-state index contributed by atoms with van der Waals surface area (Å²) in [5, 5.41) is 15.4. The van der Waals surface area contributed by atoms with E-state index >= 15 is 0 Å². The number of fused-ring (bicyclic) bond motifs is 2. The molecule has 150 valence electrons. The summed E-state index contributed by atoms with van der Waals surface area (Å²) in [7, 11) is 3.82. The van der Waals surface area contributed by atoms with Crippen LogP contribution in [0.1, 0.15) is 42.9 Å². The molecule has 7 heteroatoms. The van der Waals surface area contributed by atoms with Crippen LogP contribution in [0.4, 0.5) is 0 Å². The van der Waals surface area contributed by atoms with Crippen LogP contribution in [-0.2, 0) is 20.1 Å². The van der Waals surface area contributed by atoms with Gasteiger partial charge in [0, 0.05) is 38.8 Å². The van der Waals surface area contributed by atoms with Gasteiger partial charge in [-0.25, -0.2) is 0 Å². The minimum atomic E-state index is 0.469. The first-order valence-electron chi connectivity index (χ1n) is 10.3. The van der Waals surface area contributed by atoms with Crippen molar-refractivity contribution < 1.29 is 0 Å². The molecule has 3 heterocycles. The van der Waals surface area contributed by atoms with E-state index in [1.807, 2.05) is 25.6 Å². The molecule has 0 spiro atoms. The van der Waals surface area contributed by atoms with Crippen molar-refractivity contribution in [1.29, 1.82) is 0 Å². The summed E-state index contributed by atoms with van der Waals surface area (Å²) in [5.74, 6) is 2.68.